The van der Waals surface area contributed by atoms with Crippen LogP contribution in [0.3, 0.4) is 0 Å². The molecule has 1 aromatic carbocycles. The van der Waals surface area contributed by atoms with Gasteiger partial charge in [-0.05, 0) is 17.7 Å². The highest BCUT2D eigenvalue weighted by Crippen LogP contribution is 2.15. The number of carbonyl (C=O) groups is 2. The monoisotopic (exact) mass is 419 g/mol. The van der Waals surface area contributed by atoms with Crippen molar-refractivity contribution in [3.05, 3.63) is 59.4 Å². The van der Waals surface area contributed by atoms with Crippen LogP contribution in [0, 0.1) is 0 Å². The van der Waals surface area contributed by atoms with Gasteiger partial charge >= 0.3 is 11.9 Å². The van der Waals surface area contributed by atoms with E-state index in [9.17, 15) is 9.59 Å². The molecule has 154 valence electrons. The summed E-state index contributed by atoms with van der Waals surface area (Å²) in [5.41, 5.74) is 1.12. The summed E-state index contributed by atoms with van der Waals surface area (Å²) in [7, 11) is 0. The van der Waals surface area contributed by atoms with Crippen molar-refractivity contribution in [1.29, 1.82) is 0 Å². The second-order valence-corrected chi connectivity index (χ2v) is 6.43. The summed E-state index contributed by atoms with van der Waals surface area (Å²) in [6, 6.07) is 7.80. The molecule has 4 N–H and O–H groups in total. The van der Waals surface area contributed by atoms with E-state index >= 15 is 0 Å². The molecule has 2 aromatic rings. The first-order valence-electron chi connectivity index (χ1n) is 8.84. The van der Waals surface area contributed by atoms with Crippen molar-refractivity contribution >= 4 is 35.2 Å². The molecule has 2 heterocycles. The van der Waals surface area contributed by atoms with Crippen LogP contribution in [-0.2, 0) is 16.1 Å². The van der Waals surface area contributed by atoms with Gasteiger partial charge in [-0.25, -0.2) is 14.6 Å². The number of piperazine rings is 1. The van der Waals surface area contributed by atoms with Gasteiger partial charge in [-0.3, -0.25) is 4.98 Å². The van der Waals surface area contributed by atoms with Gasteiger partial charge in [0, 0.05) is 49.9 Å². The van der Waals surface area contributed by atoms with Crippen LogP contribution >= 0.6 is 11.6 Å². The molecule has 0 spiro atoms. The van der Waals surface area contributed by atoms with E-state index in [0.717, 1.165) is 48.4 Å². The zero-order chi connectivity index (χ0) is 21.1. The number of aromatic nitrogens is 2. The number of carboxylic acids is 2. The molecule has 0 unspecified atom stereocenters. The Morgan fingerprint density at radius 3 is 2.48 bits per heavy atom. The molecule has 9 nitrogen and oxygen atoms in total. The molecule has 0 aliphatic carbocycles. The van der Waals surface area contributed by atoms with Crippen molar-refractivity contribution in [3.63, 3.8) is 0 Å². The standard InChI is InChI=1S/C15H18ClN5.C4H4O4/c16-13-3-1-2-12(8-13)9-19-14-10-18-11-15(20-14)21-6-4-17-5-7-21;5-3(6)1-2-4(7)8/h1-3,8,10-11,17H,4-7,9H2,(H,19,20);1-2H,(H,5,6)(H,7,8). The minimum absolute atomic E-state index is 0.558. The minimum Gasteiger partial charge on any atom is -0.478 e. The van der Waals surface area contributed by atoms with Crippen LogP contribution in [0.15, 0.2) is 48.8 Å². The number of halogens is 1. The average molecular weight is 420 g/mol. The van der Waals surface area contributed by atoms with E-state index in [4.69, 9.17) is 21.8 Å². The van der Waals surface area contributed by atoms with Crippen molar-refractivity contribution in [1.82, 2.24) is 15.3 Å². The summed E-state index contributed by atoms with van der Waals surface area (Å²) in [6.07, 6.45) is 4.68. The molecule has 29 heavy (non-hydrogen) atoms. The Hall–Kier alpha value is -3.17. The molecule has 0 radical (unpaired) electrons. The molecule has 0 bridgehead atoms. The maximum atomic E-state index is 9.55. The zero-order valence-corrected chi connectivity index (χ0v) is 16.3. The Balaban J connectivity index is 0.000000321. The van der Waals surface area contributed by atoms with E-state index in [0.29, 0.717) is 18.7 Å². The predicted molar refractivity (Wildman–Crippen MR) is 110 cm³/mol. The van der Waals surface area contributed by atoms with E-state index in [1.165, 1.54) is 0 Å². The third-order valence-electron chi connectivity index (χ3n) is 3.79. The fourth-order valence-corrected chi connectivity index (χ4v) is 2.68. The topological polar surface area (TPSA) is 128 Å². The number of hydrogen-bond acceptors (Lipinski definition) is 7. The Bertz CT molecular complexity index is 840. The maximum absolute atomic E-state index is 9.55. The number of rotatable bonds is 6. The van der Waals surface area contributed by atoms with Crippen LogP contribution in [0.4, 0.5) is 11.6 Å². The summed E-state index contributed by atoms with van der Waals surface area (Å²) in [5.74, 6) is -0.807. The largest absolute Gasteiger partial charge is 0.478 e. The lowest BCUT2D eigenvalue weighted by Crippen LogP contribution is -2.44. The highest BCUT2D eigenvalue weighted by atomic mass is 35.5. The lowest BCUT2D eigenvalue weighted by Gasteiger charge is -2.28. The van der Waals surface area contributed by atoms with E-state index in [2.05, 4.69) is 25.5 Å². The van der Waals surface area contributed by atoms with Crippen molar-refractivity contribution in [2.75, 3.05) is 36.4 Å². The summed E-state index contributed by atoms with van der Waals surface area (Å²) in [4.78, 5) is 30.3. The fraction of sp³-hybridized carbons (Fsp3) is 0.263. The summed E-state index contributed by atoms with van der Waals surface area (Å²) in [5, 5.41) is 23.0. The van der Waals surface area contributed by atoms with Gasteiger partial charge in [0.2, 0.25) is 0 Å². The minimum atomic E-state index is -1.26. The lowest BCUT2D eigenvalue weighted by molar-refractivity contribution is -0.134. The first-order valence-corrected chi connectivity index (χ1v) is 9.22. The normalized spacial score (nSPS) is 13.5. The fourth-order valence-electron chi connectivity index (χ4n) is 2.47. The van der Waals surface area contributed by atoms with Gasteiger partial charge in [-0.2, -0.15) is 0 Å². The molecule has 3 rings (SSSR count). The molecule has 0 saturated carbocycles. The molecule has 1 aliphatic rings. The number of nitrogens with zero attached hydrogens (tertiary/aromatic N) is 3. The van der Waals surface area contributed by atoms with E-state index < -0.39 is 11.9 Å². The summed E-state index contributed by atoms with van der Waals surface area (Å²) < 4.78 is 0. The molecule has 0 amide bonds. The van der Waals surface area contributed by atoms with Gasteiger partial charge in [0.25, 0.3) is 0 Å². The van der Waals surface area contributed by atoms with Crippen LogP contribution in [0.2, 0.25) is 5.02 Å². The number of carboxylic acid groups (broad SMARTS) is 2. The van der Waals surface area contributed by atoms with E-state index in [1.807, 2.05) is 30.5 Å². The first-order chi connectivity index (χ1) is 13.9. The van der Waals surface area contributed by atoms with Crippen molar-refractivity contribution in [2.24, 2.45) is 0 Å². The summed E-state index contributed by atoms with van der Waals surface area (Å²) in [6.45, 7) is 4.59. The van der Waals surface area contributed by atoms with Gasteiger partial charge in [0.15, 0.2) is 0 Å². The Morgan fingerprint density at radius 1 is 1.17 bits per heavy atom. The molecule has 1 aromatic heterocycles. The maximum Gasteiger partial charge on any atom is 0.328 e. The average Bonchev–Trinajstić information content (AvgIpc) is 2.72. The molecular formula is C19H22ClN5O4. The zero-order valence-electron chi connectivity index (χ0n) is 15.6. The van der Waals surface area contributed by atoms with Gasteiger partial charge in [0.1, 0.15) is 11.6 Å². The highest BCUT2D eigenvalue weighted by molar-refractivity contribution is 6.30. The second kappa shape index (κ2) is 11.6. The van der Waals surface area contributed by atoms with Crippen LogP contribution in [0.5, 0.6) is 0 Å². The Labute approximate surface area is 173 Å². The van der Waals surface area contributed by atoms with Crippen LogP contribution in [-0.4, -0.2) is 58.3 Å². The number of anilines is 2. The Morgan fingerprint density at radius 2 is 1.86 bits per heavy atom. The van der Waals surface area contributed by atoms with E-state index in [-0.39, 0.29) is 0 Å². The molecular weight excluding hydrogens is 398 g/mol. The molecule has 1 fully saturated rings. The second-order valence-electron chi connectivity index (χ2n) is 5.99. The first kappa shape index (κ1) is 22.1. The van der Waals surface area contributed by atoms with Crippen molar-refractivity contribution < 1.29 is 19.8 Å². The quantitative estimate of drug-likeness (QED) is 0.518. The van der Waals surface area contributed by atoms with Crippen molar-refractivity contribution in [2.45, 2.75) is 6.54 Å². The van der Waals surface area contributed by atoms with Gasteiger partial charge in [-0.1, -0.05) is 23.7 Å². The summed E-state index contributed by atoms with van der Waals surface area (Å²) >= 11 is 5.99. The van der Waals surface area contributed by atoms with Gasteiger partial charge < -0.3 is 25.7 Å². The number of aliphatic carboxylic acids is 2. The van der Waals surface area contributed by atoms with Crippen LogP contribution in [0.25, 0.3) is 0 Å². The molecule has 10 heteroatoms. The Kier molecular flexibility index (Phi) is 8.87. The number of benzene rings is 1. The van der Waals surface area contributed by atoms with Crippen molar-refractivity contribution in [3.8, 4) is 0 Å². The third-order valence-corrected chi connectivity index (χ3v) is 4.03. The lowest BCUT2D eigenvalue weighted by atomic mass is 10.2. The molecule has 1 aliphatic heterocycles. The number of hydrogen-bond donors (Lipinski definition) is 4. The predicted octanol–water partition coefficient (Wildman–Crippen LogP) is 1.86. The smallest absolute Gasteiger partial charge is 0.328 e. The third kappa shape index (κ3) is 8.58. The molecule has 0 atom stereocenters. The molecule has 1 saturated heterocycles. The van der Waals surface area contributed by atoms with Crippen LogP contribution < -0.4 is 15.5 Å². The van der Waals surface area contributed by atoms with Gasteiger partial charge in [-0.15, -0.1) is 0 Å². The van der Waals surface area contributed by atoms with Crippen LogP contribution in [0.1, 0.15) is 5.56 Å². The van der Waals surface area contributed by atoms with Gasteiger partial charge in [0.05, 0.1) is 12.4 Å². The highest BCUT2D eigenvalue weighted by Gasteiger charge is 2.12. The SMILES string of the molecule is Clc1cccc(CNc2cncc(N3CCNCC3)n2)c1.O=C(O)C=CC(=O)O. The van der Waals surface area contributed by atoms with E-state index in [1.54, 1.807) is 6.20 Å². The number of nitrogens with one attached hydrogen (secondary N) is 2.